The highest BCUT2D eigenvalue weighted by Crippen LogP contribution is 2.16. The lowest BCUT2D eigenvalue weighted by molar-refractivity contribution is -0.141. The van der Waals surface area contributed by atoms with Crippen molar-refractivity contribution < 1.29 is 18.3 Å². The van der Waals surface area contributed by atoms with E-state index in [0.717, 1.165) is 5.69 Å². The van der Waals surface area contributed by atoms with Crippen molar-refractivity contribution in [3.63, 3.8) is 0 Å². The van der Waals surface area contributed by atoms with Gasteiger partial charge in [0.05, 0.1) is 16.6 Å². The molecule has 0 aliphatic rings. The second-order valence-electron chi connectivity index (χ2n) is 4.25. The summed E-state index contributed by atoms with van der Waals surface area (Å²) in [5.74, 6) is -1.21. The number of carboxylic acid groups (broad SMARTS) is 1. The van der Waals surface area contributed by atoms with Crippen LogP contribution < -0.4 is 5.32 Å². The van der Waals surface area contributed by atoms with Gasteiger partial charge in [-0.25, -0.2) is 8.42 Å². The van der Waals surface area contributed by atoms with Crippen molar-refractivity contribution in [1.29, 1.82) is 0 Å². The zero-order chi connectivity index (χ0) is 14.5. The molecule has 1 unspecified atom stereocenters. The first-order valence-electron chi connectivity index (χ1n) is 6.20. The molecule has 6 heteroatoms. The molecule has 1 aromatic carbocycles. The van der Waals surface area contributed by atoms with Gasteiger partial charge in [0, 0.05) is 12.2 Å². The summed E-state index contributed by atoms with van der Waals surface area (Å²) in [6, 6.07) is 6.36. The third kappa shape index (κ3) is 4.24. The van der Waals surface area contributed by atoms with Crippen LogP contribution in [0.25, 0.3) is 0 Å². The first-order chi connectivity index (χ1) is 8.90. The van der Waals surface area contributed by atoms with Gasteiger partial charge in [-0.1, -0.05) is 13.8 Å². The molecular weight excluding hydrogens is 266 g/mol. The Balaban J connectivity index is 2.70. The maximum absolute atomic E-state index is 11.6. The number of carboxylic acids is 1. The monoisotopic (exact) mass is 285 g/mol. The molecule has 1 aromatic rings. The molecule has 0 heterocycles. The minimum atomic E-state index is -3.19. The smallest absolute Gasteiger partial charge is 0.308 e. The molecule has 0 radical (unpaired) electrons. The molecule has 19 heavy (non-hydrogen) atoms. The van der Waals surface area contributed by atoms with E-state index in [1.165, 1.54) is 12.1 Å². The van der Waals surface area contributed by atoms with E-state index in [1.807, 2.05) is 6.92 Å². The number of rotatable bonds is 7. The fourth-order valence-corrected chi connectivity index (χ4v) is 2.48. The molecule has 0 fully saturated rings. The molecular formula is C13H19NO4S. The Bertz CT molecular complexity index is 522. The summed E-state index contributed by atoms with van der Waals surface area (Å²) in [5.41, 5.74) is 0.717. The van der Waals surface area contributed by atoms with Crippen LogP contribution in [0.1, 0.15) is 20.3 Å². The zero-order valence-electron chi connectivity index (χ0n) is 11.1. The summed E-state index contributed by atoms with van der Waals surface area (Å²) in [6.45, 7) is 3.74. The van der Waals surface area contributed by atoms with Crippen molar-refractivity contribution in [2.24, 2.45) is 5.92 Å². The van der Waals surface area contributed by atoms with Crippen molar-refractivity contribution in [1.82, 2.24) is 0 Å². The van der Waals surface area contributed by atoms with Gasteiger partial charge >= 0.3 is 5.97 Å². The number of carbonyl (C=O) groups is 1. The Hall–Kier alpha value is -1.56. The van der Waals surface area contributed by atoms with E-state index < -0.39 is 21.7 Å². The van der Waals surface area contributed by atoms with Crippen molar-refractivity contribution in [2.75, 3.05) is 17.6 Å². The molecule has 0 aromatic heterocycles. The quantitative estimate of drug-likeness (QED) is 0.800. The maximum atomic E-state index is 11.6. The molecule has 1 rings (SSSR count). The standard InChI is InChI=1S/C13H19NO4S/c1-3-10(13(15)16)9-14-11-5-7-12(8-6-11)19(17,18)4-2/h5-8,10,14H,3-4,9H2,1-2H3,(H,15,16). The van der Waals surface area contributed by atoms with Crippen LogP contribution in [0.4, 0.5) is 5.69 Å². The van der Waals surface area contributed by atoms with Crippen LogP contribution in [0, 0.1) is 5.92 Å². The number of hydrogen-bond donors (Lipinski definition) is 2. The summed E-state index contributed by atoms with van der Waals surface area (Å²) in [6.07, 6.45) is 0.546. The molecule has 0 amide bonds. The van der Waals surface area contributed by atoms with Crippen LogP contribution in [0.2, 0.25) is 0 Å². The lowest BCUT2D eigenvalue weighted by Gasteiger charge is -2.12. The van der Waals surface area contributed by atoms with Gasteiger partial charge in [0.15, 0.2) is 9.84 Å². The van der Waals surface area contributed by atoms with Crippen LogP contribution in [-0.2, 0) is 14.6 Å². The molecule has 0 aliphatic carbocycles. The van der Waals surface area contributed by atoms with Gasteiger partial charge in [0.2, 0.25) is 0 Å². The normalized spacial score (nSPS) is 12.9. The Morgan fingerprint density at radius 2 is 1.84 bits per heavy atom. The van der Waals surface area contributed by atoms with Gasteiger partial charge in [0.25, 0.3) is 0 Å². The van der Waals surface area contributed by atoms with Crippen LogP contribution in [-0.4, -0.2) is 31.8 Å². The highest BCUT2D eigenvalue weighted by Gasteiger charge is 2.15. The Morgan fingerprint density at radius 3 is 2.26 bits per heavy atom. The average Bonchev–Trinajstić information content (AvgIpc) is 2.39. The minimum Gasteiger partial charge on any atom is -0.481 e. The van der Waals surface area contributed by atoms with Crippen LogP contribution in [0.15, 0.2) is 29.2 Å². The zero-order valence-corrected chi connectivity index (χ0v) is 11.9. The summed E-state index contributed by atoms with van der Waals surface area (Å²) in [7, 11) is -3.19. The van der Waals surface area contributed by atoms with Crippen molar-refractivity contribution in [2.45, 2.75) is 25.2 Å². The molecule has 0 spiro atoms. The summed E-state index contributed by atoms with van der Waals surface area (Å²) in [4.78, 5) is 11.1. The second kappa shape index (κ2) is 6.56. The van der Waals surface area contributed by atoms with E-state index >= 15 is 0 Å². The largest absolute Gasteiger partial charge is 0.481 e. The van der Waals surface area contributed by atoms with Crippen molar-refractivity contribution >= 4 is 21.5 Å². The number of nitrogens with one attached hydrogen (secondary N) is 1. The topological polar surface area (TPSA) is 83.5 Å². The van der Waals surface area contributed by atoms with Crippen molar-refractivity contribution in [3.05, 3.63) is 24.3 Å². The van der Waals surface area contributed by atoms with Crippen LogP contribution >= 0.6 is 0 Å². The summed E-state index contributed by atoms with van der Waals surface area (Å²) < 4.78 is 23.2. The van der Waals surface area contributed by atoms with E-state index in [1.54, 1.807) is 19.1 Å². The number of aliphatic carboxylic acids is 1. The summed E-state index contributed by atoms with van der Waals surface area (Å²) in [5, 5.41) is 11.9. The van der Waals surface area contributed by atoms with E-state index in [-0.39, 0.29) is 10.6 Å². The number of benzene rings is 1. The number of hydrogen-bond acceptors (Lipinski definition) is 4. The Labute approximate surface area is 113 Å². The maximum Gasteiger partial charge on any atom is 0.308 e. The lowest BCUT2D eigenvalue weighted by atomic mass is 10.1. The van der Waals surface area contributed by atoms with Gasteiger partial charge in [-0.15, -0.1) is 0 Å². The van der Waals surface area contributed by atoms with Crippen LogP contribution in [0.5, 0.6) is 0 Å². The Morgan fingerprint density at radius 1 is 1.26 bits per heavy atom. The van der Waals surface area contributed by atoms with Gasteiger partial charge in [-0.05, 0) is 30.7 Å². The van der Waals surface area contributed by atoms with E-state index in [0.29, 0.717) is 13.0 Å². The van der Waals surface area contributed by atoms with Crippen LogP contribution in [0.3, 0.4) is 0 Å². The predicted octanol–water partition coefficient (Wildman–Crippen LogP) is 2.00. The van der Waals surface area contributed by atoms with Gasteiger partial charge in [0.1, 0.15) is 0 Å². The molecule has 0 saturated heterocycles. The first-order valence-corrected chi connectivity index (χ1v) is 7.85. The molecule has 0 bridgehead atoms. The fourth-order valence-electron chi connectivity index (χ4n) is 1.59. The van der Waals surface area contributed by atoms with E-state index in [9.17, 15) is 13.2 Å². The SMILES string of the molecule is CCC(CNc1ccc(S(=O)(=O)CC)cc1)C(=O)O. The highest BCUT2D eigenvalue weighted by molar-refractivity contribution is 7.91. The summed E-state index contributed by atoms with van der Waals surface area (Å²) >= 11 is 0. The minimum absolute atomic E-state index is 0.0662. The average molecular weight is 285 g/mol. The highest BCUT2D eigenvalue weighted by atomic mass is 32.2. The Kier molecular flexibility index (Phi) is 5.35. The third-order valence-electron chi connectivity index (χ3n) is 2.99. The van der Waals surface area contributed by atoms with Gasteiger partial charge < -0.3 is 10.4 Å². The molecule has 0 aliphatic heterocycles. The second-order valence-corrected chi connectivity index (χ2v) is 6.53. The molecule has 0 saturated carbocycles. The molecule has 1 atom stereocenters. The van der Waals surface area contributed by atoms with E-state index in [4.69, 9.17) is 5.11 Å². The number of anilines is 1. The van der Waals surface area contributed by atoms with E-state index in [2.05, 4.69) is 5.32 Å². The molecule has 5 nitrogen and oxygen atoms in total. The predicted molar refractivity (Wildman–Crippen MR) is 74.1 cm³/mol. The lowest BCUT2D eigenvalue weighted by Crippen LogP contribution is -2.22. The van der Waals surface area contributed by atoms with Gasteiger partial charge in [-0.3, -0.25) is 4.79 Å². The molecule has 106 valence electrons. The van der Waals surface area contributed by atoms with Crippen molar-refractivity contribution in [3.8, 4) is 0 Å². The third-order valence-corrected chi connectivity index (χ3v) is 4.74. The fraction of sp³-hybridized carbons (Fsp3) is 0.462. The first kappa shape index (κ1) is 15.5. The number of sulfone groups is 1. The van der Waals surface area contributed by atoms with Gasteiger partial charge in [-0.2, -0.15) is 0 Å². The molecule has 2 N–H and O–H groups in total.